The highest BCUT2D eigenvalue weighted by molar-refractivity contribution is 8.00. The van der Waals surface area contributed by atoms with E-state index in [2.05, 4.69) is 20.5 Å². The summed E-state index contributed by atoms with van der Waals surface area (Å²) in [6.07, 6.45) is 3.31. The van der Waals surface area contributed by atoms with Gasteiger partial charge in [-0.1, -0.05) is 11.8 Å². The van der Waals surface area contributed by atoms with E-state index in [9.17, 15) is 4.79 Å². The Morgan fingerprint density at radius 3 is 2.46 bits per heavy atom. The van der Waals surface area contributed by atoms with Gasteiger partial charge in [-0.25, -0.2) is 0 Å². The Balaban J connectivity index is 1.60. The molecule has 2 heterocycles. The standard InChI is InChI=1S/C18H19N5O2S/c1-12(16(24)20-14-4-6-15(7-5-14)23(2)3)26-18-22-21-17(25-18)13-8-10-19-11-9-13/h4-12H,1-3H3,(H,20,24). The fraction of sp³-hybridized carbons (Fsp3) is 0.222. The van der Waals surface area contributed by atoms with Gasteiger partial charge in [0, 0.05) is 43.4 Å². The van der Waals surface area contributed by atoms with Gasteiger partial charge in [-0.15, -0.1) is 10.2 Å². The molecule has 0 bridgehead atoms. The molecule has 3 aromatic rings. The second kappa shape index (κ2) is 8.01. The number of nitrogens with zero attached hydrogens (tertiary/aromatic N) is 4. The van der Waals surface area contributed by atoms with Crippen molar-refractivity contribution < 1.29 is 9.21 Å². The minimum absolute atomic E-state index is 0.128. The fourth-order valence-corrected chi connectivity index (χ4v) is 2.84. The van der Waals surface area contributed by atoms with E-state index in [0.29, 0.717) is 11.1 Å². The van der Waals surface area contributed by atoms with Gasteiger partial charge in [-0.3, -0.25) is 9.78 Å². The van der Waals surface area contributed by atoms with Crippen molar-refractivity contribution in [3.05, 3.63) is 48.8 Å². The number of anilines is 2. The second-order valence-corrected chi connectivity index (χ2v) is 7.09. The first-order valence-electron chi connectivity index (χ1n) is 8.02. The third-order valence-electron chi connectivity index (χ3n) is 3.63. The van der Waals surface area contributed by atoms with E-state index in [1.165, 1.54) is 11.8 Å². The van der Waals surface area contributed by atoms with Crippen LogP contribution in [0.5, 0.6) is 0 Å². The molecular formula is C18H19N5O2S. The van der Waals surface area contributed by atoms with E-state index in [1.54, 1.807) is 31.5 Å². The van der Waals surface area contributed by atoms with Crippen LogP contribution in [-0.4, -0.2) is 40.4 Å². The summed E-state index contributed by atoms with van der Waals surface area (Å²) >= 11 is 1.22. The van der Waals surface area contributed by atoms with Gasteiger partial charge >= 0.3 is 0 Å². The molecule has 0 saturated heterocycles. The van der Waals surface area contributed by atoms with Gasteiger partial charge in [0.05, 0.1) is 5.25 Å². The number of carbonyl (C=O) groups is 1. The average molecular weight is 369 g/mol. The van der Waals surface area contributed by atoms with Crippen LogP contribution < -0.4 is 10.2 Å². The van der Waals surface area contributed by atoms with Crippen LogP contribution in [0.2, 0.25) is 0 Å². The molecule has 1 aromatic carbocycles. The van der Waals surface area contributed by atoms with Crippen LogP contribution in [0, 0.1) is 0 Å². The number of hydrogen-bond donors (Lipinski definition) is 1. The maximum atomic E-state index is 12.4. The Morgan fingerprint density at radius 2 is 1.81 bits per heavy atom. The number of amides is 1. The lowest BCUT2D eigenvalue weighted by molar-refractivity contribution is -0.115. The number of nitrogens with one attached hydrogen (secondary N) is 1. The number of carbonyl (C=O) groups excluding carboxylic acids is 1. The lowest BCUT2D eigenvalue weighted by Gasteiger charge is -2.14. The summed E-state index contributed by atoms with van der Waals surface area (Å²) in [6.45, 7) is 1.80. The van der Waals surface area contributed by atoms with Crippen LogP contribution in [-0.2, 0) is 4.79 Å². The van der Waals surface area contributed by atoms with Crippen molar-refractivity contribution in [1.29, 1.82) is 0 Å². The lowest BCUT2D eigenvalue weighted by Crippen LogP contribution is -2.22. The maximum absolute atomic E-state index is 12.4. The predicted molar refractivity (Wildman–Crippen MR) is 102 cm³/mol. The highest BCUT2D eigenvalue weighted by Crippen LogP contribution is 2.26. The quantitative estimate of drug-likeness (QED) is 0.667. The molecule has 1 N–H and O–H groups in total. The van der Waals surface area contributed by atoms with Gasteiger partial charge in [-0.2, -0.15) is 0 Å². The minimum atomic E-state index is -0.380. The molecule has 26 heavy (non-hydrogen) atoms. The van der Waals surface area contributed by atoms with E-state index in [-0.39, 0.29) is 11.2 Å². The number of pyridine rings is 1. The van der Waals surface area contributed by atoms with Crippen molar-refractivity contribution in [2.75, 3.05) is 24.3 Å². The Kier molecular flexibility index (Phi) is 5.52. The first-order valence-corrected chi connectivity index (χ1v) is 8.89. The summed E-state index contributed by atoms with van der Waals surface area (Å²) < 4.78 is 5.61. The SMILES string of the molecule is CC(Sc1nnc(-c2ccncc2)o1)C(=O)Nc1ccc(N(C)C)cc1. The molecule has 134 valence electrons. The van der Waals surface area contributed by atoms with Gasteiger partial charge < -0.3 is 14.6 Å². The first kappa shape index (κ1) is 17.9. The van der Waals surface area contributed by atoms with Gasteiger partial charge in [0.2, 0.25) is 11.8 Å². The van der Waals surface area contributed by atoms with Crippen molar-refractivity contribution >= 4 is 29.0 Å². The molecule has 8 heteroatoms. The topological polar surface area (TPSA) is 84.1 Å². The molecule has 1 unspecified atom stereocenters. The van der Waals surface area contributed by atoms with Gasteiger partial charge in [0.25, 0.3) is 5.22 Å². The minimum Gasteiger partial charge on any atom is -0.411 e. The van der Waals surface area contributed by atoms with Crippen LogP contribution in [0.15, 0.2) is 58.4 Å². The molecule has 0 saturated carbocycles. The second-order valence-electron chi connectivity index (χ2n) is 5.80. The Hall–Kier alpha value is -2.87. The molecule has 0 aliphatic heterocycles. The summed E-state index contributed by atoms with van der Waals surface area (Å²) in [5.41, 5.74) is 2.61. The number of thioether (sulfide) groups is 1. The summed E-state index contributed by atoms with van der Waals surface area (Å²) in [7, 11) is 3.94. The molecule has 0 aliphatic rings. The summed E-state index contributed by atoms with van der Waals surface area (Å²) in [4.78, 5) is 18.3. The van der Waals surface area contributed by atoms with E-state index >= 15 is 0 Å². The lowest BCUT2D eigenvalue weighted by atomic mass is 10.2. The predicted octanol–water partition coefficient (Wildman–Crippen LogP) is 3.32. The van der Waals surface area contributed by atoms with Crippen LogP contribution in [0.1, 0.15) is 6.92 Å². The number of hydrogen-bond acceptors (Lipinski definition) is 7. The monoisotopic (exact) mass is 369 g/mol. The number of benzene rings is 1. The van der Waals surface area contributed by atoms with Crippen LogP contribution >= 0.6 is 11.8 Å². The molecule has 1 atom stereocenters. The molecule has 3 rings (SSSR count). The normalized spacial score (nSPS) is 11.8. The van der Waals surface area contributed by atoms with E-state index in [0.717, 1.165) is 16.9 Å². The van der Waals surface area contributed by atoms with Crippen molar-refractivity contribution in [3.8, 4) is 11.5 Å². The number of rotatable bonds is 6. The largest absolute Gasteiger partial charge is 0.411 e. The zero-order chi connectivity index (χ0) is 18.5. The third-order valence-corrected chi connectivity index (χ3v) is 4.57. The number of aromatic nitrogens is 3. The summed E-state index contributed by atoms with van der Waals surface area (Å²) in [5, 5.41) is 10.9. The van der Waals surface area contributed by atoms with Gasteiger partial charge in [-0.05, 0) is 43.3 Å². The van der Waals surface area contributed by atoms with Crippen LogP contribution in [0.3, 0.4) is 0 Å². The zero-order valence-corrected chi connectivity index (χ0v) is 15.5. The first-order chi connectivity index (χ1) is 12.5. The molecule has 0 radical (unpaired) electrons. The van der Waals surface area contributed by atoms with Gasteiger partial charge in [0.15, 0.2) is 0 Å². The van der Waals surface area contributed by atoms with E-state index in [4.69, 9.17) is 4.42 Å². The zero-order valence-electron chi connectivity index (χ0n) is 14.7. The highest BCUT2D eigenvalue weighted by atomic mass is 32.2. The highest BCUT2D eigenvalue weighted by Gasteiger charge is 2.19. The molecular weight excluding hydrogens is 350 g/mol. The van der Waals surface area contributed by atoms with Gasteiger partial charge in [0.1, 0.15) is 0 Å². The molecule has 2 aromatic heterocycles. The molecule has 0 fully saturated rings. The summed E-state index contributed by atoms with van der Waals surface area (Å²) in [5.74, 6) is 0.276. The van der Waals surface area contributed by atoms with E-state index < -0.39 is 0 Å². The van der Waals surface area contributed by atoms with Crippen molar-refractivity contribution in [2.24, 2.45) is 0 Å². The molecule has 7 nitrogen and oxygen atoms in total. The van der Waals surface area contributed by atoms with Crippen LogP contribution in [0.4, 0.5) is 11.4 Å². The Morgan fingerprint density at radius 1 is 1.12 bits per heavy atom. The third kappa shape index (κ3) is 4.40. The summed E-state index contributed by atoms with van der Waals surface area (Å²) in [6, 6.07) is 11.2. The average Bonchev–Trinajstić information content (AvgIpc) is 3.11. The maximum Gasteiger partial charge on any atom is 0.277 e. The molecule has 0 spiro atoms. The smallest absolute Gasteiger partial charge is 0.277 e. The Bertz CT molecular complexity index is 865. The fourth-order valence-electron chi connectivity index (χ4n) is 2.16. The molecule has 0 aliphatic carbocycles. The van der Waals surface area contributed by atoms with Crippen LogP contribution in [0.25, 0.3) is 11.5 Å². The van der Waals surface area contributed by atoms with E-state index in [1.807, 2.05) is 43.3 Å². The van der Waals surface area contributed by atoms with Crippen molar-refractivity contribution in [1.82, 2.24) is 15.2 Å². The van der Waals surface area contributed by atoms with Crippen molar-refractivity contribution in [2.45, 2.75) is 17.4 Å². The van der Waals surface area contributed by atoms with Crippen molar-refractivity contribution in [3.63, 3.8) is 0 Å². The Labute approximate surface area is 155 Å². The molecule has 1 amide bonds.